The summed E-state index contributed by atoms with van der Waals surface area (Å²) >= 11 is 0.291. The minimum absolute atomic E-state index is 0.291. The number of aryl methyl sites for hydroxylation is 1. The molecule has 1 rings (SSSR count). The minimum atomic E-state index is 0.291. The Kier molecular flexibility index (Phi) is 3.37. The van der Waals surface area contributed by atoms with Crippen LogP contribution in [0, 0.1) is 17.4 Å². The van der Waals surface area contributed by atoms with E-state index in [0.29, 0.717) is 21.2 Å². The van der Waals surface area contributed by atoms with Crippen LogP contribution in [0.4, 0.5) is 0 Å². The predicted octanol–water partition coefficient (Wildman–Crippen LogP) is -0.418. The van der Waals surface area contributed by atoms with E-state index in [1.54, 1.807) is 3.57 Å². The molecule has 0 aliphatic carbocycles. The van der Waals surface area contributed by atoms with Crippen molar-refractivity contribution in [1.82, 2.24) is 0 Å². The van der Waals surface area contributed by atoms with Gasteiger partial charge in [-0.15, -0.1) is 0 Å². The van der Waals surface area contributed by atoms with Gasteiger partial charge in [-0.2, -0.15) is 0 Å². The standard InChI is InChI=1S/C10H14I/c1-4-11-10-7-5-6-8(2)9(10)3/h5-7H,4H2,1-3H3/q-1. The summed E-state index contributed by atoms with van der Waals surface area (Å²) in [6.07, 6.45) is 0. The van der Waals surface area contributed by atoms with Crippen molar-refractivity contribution in [2.24, 2.45) is 0 Å². The molecular formula is C10H14I-. The molecule has 0 aliphatic rings. The molecule has 11 heavy (non-hydrogen) atoms. The summed E-state index contributed by atoms with van der Waals surface area (Å²) < 4.78 is 2.97. The number of benzene rings is 1. The van der Waals surface area contributed by atoms with Crippen LogP contribution < -0.4 is 21.2 Å². The third-order valence-corrected chi connectivity index (χ3v) is 4.57. The summed E-state index contributed by atoms with van der Waals surface area (Å²) in [6.45, 7) is 6.70. The van der Waals surface area contributed by atoms with Gasteiger partial charge in [0.2, 0.25) is 0 Å². The van der Waals surface area contributed by atoms with Gasteiger partial charge in [0.15, 0.2) is 0 Å². The van der Waals surface area contributed by atoms with Gasteiger partial charge in [-0.05, 0) is 0 Å². The van der Waals surface area contributed by atoms with Crippen LogP contribution in [0.15, 0.2) is 18.2 Å². The van der Waals surface area contributed by atoms with Gasteiger partial charge in [0.05, 0.1) is 0 Å². The Balaban J connectivity index is 2.96. The summed E-state index contributed by atoms with van der Waals surface area (Å²) in [7, 11) is 0. The Labute approximate surface area is 79.3 Å². The predicted molar refractivity (Wildman–Crippen MR) is 45.2 cm³/mol. The molecule has 0 nitrogen and oxygen atoms in total. The maximum absolute atomic E-state index is 2.28. The van der Waals surface area contributed by atoms with Gasteiger partial charge in [-0.25, -0.2) is 0 Å². The zero-order valence-corrected chi connectivity index (χ0v) is 9.47. The van der Waals surface area contributed by atoms with E-state index >= 15 is 0 Å². The van der Waals surface area contributed by atoms with Gasteiger partial charge in [0.25, 0.3) is 0 Å². The Morgan fingerprint density at radius 1 is 1.27 bits per heavy atom. The molecular weight excluding hydrogens is 247 g/mol. The molecule has 62 valence electrons. The molecule has 0 amide bonds. The van der Waals surface area contributed by atoms with E-state index in [4.69, 9.17) is 0 Å². The number of halogens is 1. The van der Waals surface area contributed by atoms with Crippen molar-refractivity contribution in [2.45, 2.75) is 20.8 Å². The van der Waals surface area contributed by atoms with Crippen LogP contribution in [0.1, 0.15) is 18.1 Å². The fourth-order valence-corrected chi connectivity index (χ4v) is 3.29. The molecule has 1 aromatic rings. The van der Waals surface area contributed by atoms with Gasteiger partial charge < -0.3 is 0 Å². The van der Waals surface area contributed by atoms with E-state index in [1.807, 2.05) is 0 Å². The molecule has 1 aromatic carbocycles. The Hall–Kier alpha value is -0.0500. The average molecular weight is 261 g/mol. The van der Waals surface area contributed by atoms with Crippen molar-refractivity contribution < 1.29 is 21.2 Å². The molecule has 0 spiro atoms. The van der Waals surface area contributed by atoms with Crippen molar-refractivity contribution in [3.05, 3.63) is 32.9 Å². The quantitative estimate of drug-likeness (QED) is 0.501. The van der Waals surface area contributed by atoms with Crippen LogP contribution in [0.2, 0.25) is 0 Å². The first-order valence-electron chi connectivity index (χ1n) is 3.91. The summed E-state index contributed by atoms with van der Waals surface area (Å²) in [5, 5.41) is 0. The maximum atomic E-state index is 2.28. The van der Waals surface area contributed by atoms with Crippen LogP contribution in [0.25, 0.3) is 0 Å². The molecule has 1 heteroatoms. The molecule has 0 heterocycles. The fourth-order valence-electron chi connectivity index (χ4n) is 1.00. The van der Waals surface area contributed by atoms with Crippen molar-refractivity contribution in [3.8, 4) is 0 Å². The summed E-state index contributed by atoms with van der Waals surface area (Å²) in [6, 6.07) is 6.64. The number of hydrogen-bond donors (Lipinski definition) is 0. The zero-order chi connectivity index (χ0) is 8.27. The van der Waals surface area contributed by atoms with E-state index in [1.165, 1.54) is 15.6 Å². The second-order valence-electron chi connectivity index (χ2n) is 2.58. The normalized spacial score (nSPS) is 10.5. The number of alkyl halides is 1. The van der Waals surface area contributed by atoms with Crippen molar-refractivity contribution in [2.75, 3.05) is 4.43 Å². The van der Waals surface area contributed by atoms with E-state index in [9.17, 15) is 0 Å². The molecule has 0 aromatic heterocycles. The molecule has 0 unspecified atom stereocenters. The van der Waals surface area contributed by atoms with Gasteiger partial charge in [0.1, 0.15) is 0 Å². The third kappa shape index (κ3) is 2.19. The number of rotatable bonds is 2. The third-order valence-electron chi connectivity index (χ3n) is 1.82. The van der Waals surface area contributed by atoms with Crippen LogP contribution in [-0.2, 0) is 0 Å². The van der Waals surface area contributed by atoms with E-state index < -0.39 is 0 Å². The number of hydrogen-bond acceptors (Lipinski definition) is 0. The summed E-state index contributed by atoms with van der Waals surface area (Å²) in [5.74, 6) is 0. The van der Waals surface area contributed by atoms with Crippen LogP contribution in [0.5, 0.6) is 0 Å². The Bertz CT molecular complexity index is 241. The van der Waals surface area contributed by atoms with E-state index in [0.717, 1.165) is 0 Å². The summed E-state index contributed by atoms with van der Waals surface area (Å²) in [5.41, 5.74) is 2.96. The molecule has 0 N–H and O–H groups in total. The molecule has 0 atom stereocenters. The van der Waals surface area contributed by atoms with Crippen LogP contribution >= 0.6 is 0 Å². The molecule has 0 saturated heterocycles. The fraction of sp³-hybridized carbons (Fsp3) is 0.400. The van der Waals surface area contributed by atoms with Gasteiger partial charge in [-0.1, -0.05) is 0 Å². The van der Waals surface area contributed by atoms with E-state index in [2.05, 4.69) is 39.0 Å². The van der Waals surface area contributed by atoms with Crippen LogP contribution in [0.3, 0.4) is 0 Å². The van der Waals surface area contributed by atoms with Crippen LogP contribution in [-0.4, -0.2) is 4.43 Å². The van der Waals surface area contributed by atoms with Crippen molar-refractivity contribution in [3.63, 3.8) is 0 Å². The monoisotopic (exact) mass is 261 g/mol. The second-order valence-corrected chi connectivity index (χ2v) is 6.03. The first-order chi connectivity index (χ1) is 5.25. The Morgan fingerprint density at radius 3 is 2.64 bits per heavy atom. The van der Waals surface area contributed by atoms with E-state index in [-0.39, 0.29) is 0 Å². The van der Waals surface area contributed by atoms with Gasteiger partial charge in [-0.3, -0.25) is 0 Å². The molecule has 0 aliphatic heterocycles. The molecule has 0 fully saturated rings. The summed E-state index contributed by atoms with van der Waals surface area (Å²) in [4.78, 5) is 0. The molecule has 0 radical (unpaired) electrons. The second kappa shape index (κ2) is 4.10. The zero-order valence-electron chi connectivity index (χ0n) is 7.32. The van der Waals surface area contributed by atoms with Gasteiger partial charge >= 0.3 is 79.3 Å². The first kappa shape index (κ1) is 9.04. The SMILES string of the molecule is CC[I-]c1cccc(C)c1C. The van der Waals surface area contributed by atoms with Crippen molar-refractivity contribution in [1.29, 1.82) is 0 Å². The van der Waals surface area contributed by atoms with Gasteiger partial charge in [0, 0.05) is 0 Å². The molecule has 0 saturated carbocycles. The van der Waals surface area contributed by atoms with Crippen molar-refractivity contribution >= 4 is 0 Å². The topological polar surface area (TPSA) is 0 Å². The Morgan fingerprint density at radius 2 is 2.00 bits per heavy atom. The molecule has 0 bridgehead atoms. The average Bonchev–Trinajstić information content (AvgIpc) is 1.99. The first-order valence-corrected chi connectivity index (χ1v) is 6.51.